The van der Waals surface area contributed by atoms with Crippen molar-refractivity contribution >= 4 is 27.6 Å². The van der Waals surface area contributed by atoms with Crippen molar-refractivity contribution in [3.8, 4) is 0 Å². The van der Waals surface area contributed by atoms with Crippen LogP contribution in [0.1, 0.15) is 12.5 Å². The molecule has 0 fully saturated rings. The van der Waals surface area contributed by atoms with Gasteiger partial charge in [-0.2, -0.15) is 0 Å². The number of anilines is 2. The molecule has 3 nitrogen and oxygen atoms in total. The minimum atomic E-state index is 0.802. The Bertz CT molecular complexity index is 468. The number of rotatable bonds is 3. The van der Waals surface area contributed by atoms with Crippen LogP contribution in [0.15, 0.2) is 41.1 Å². The Balaban J connectivity index is 2.23. The monoisotopic (exact) mass is 277 g/mol. The molecule has 0 unspecified atom stereocenters. The van der Waals surface area contributed by atoms with Gasteiger partial charge in [-0.05, 0) is 46.1 Å². The lowest BCUT2D eigenvalue weighted by Gasteiger charge is -2.08. The normalized spacial score (nSPS) is 10.1. The van der Waals surface area contributed by atoms with Crippen LogP contribution in [0.5, 0.6) is 0 Å². The van der Waals surface area contributed by atoms with Crippen LogP contribution in [0.25, 0.3) is 0 Å². The summed E-state index contributed by atoms with van der Waals surface area (Å²) in [5, 5.41) is 3.21. The van der Waals surface area contributed by atoms with Gasteiger partial charge in [0.1, 0.15) is 11.6 Å². The lowest BCUT2D eigenvalue weighted by atomic mass is 10.2. The Morgan fingerprint density at radius 3 is 2.81 bits per heavy atom. The second kappa shape index (κ2) is 5.07. The molecule has 0 aliphatic carbocycles. The van der Waals surface area contributed by atoms with Gasteiger partial charge in [0.25, 0.3) is 0 Å². The van der Waals surface area contributed by atoms with Crippen molar-refractivity contribution in [3.05, 3.63) is 46.7 Å². The van der Waals surface area contributed by atoms with Crippen molar-refractivity contribution in [1.29, 1.82) is 0 Å². The van der Waals surface area contributed by atoms with Gasteiger partial charge in [-0.25, -0.2) is 9.97 Å². The third-order valence-corrected chi connectivity index (χ3v) is 2.72. The van der Waals surface area contributed by atoms with E-state index in [0.29, 0.717) is 0 Å². The lowest BCUT2D eigenvalue weighted by molar-refractivity contribution is 1.10. The smallest absolute Gasteiger partial charge is 0.134 e. The summed E-state index contributed by atoms with van der Waals surface area (Å²) < 4.78 is 0.967. The number of halogens is 1. The molecule has 2 aromatic heterocycles. The second-order valence-corrected chi connectivity index (χ2v) is 4.27. The summed E-state index contributed by atoms with van der Waals surface area (Å²) >= 11 is 3.35. The number of hydrogen-bond acceptors (Lipinski definition) is 3. The van der Waals surface area contributed by atoms with Crippen LogP contribution in [0.4, 0.5) is 11.6 Å². The summed E-state index contributed by atoms with van der Waals surface area (Å²) in [6, 6.07) is 7.87. The van der Waals surface area contributed by atoms with E-state index >= 15 is 0 Å². The van der Waals surface area contributed by atoms with Gasteiger partial charge in [-0.1, -0.05) is 13.0 Å². The van der Waals surface area contributed by atoms with E-state index < -0.39 is 0 Å². The Labute approximate surface area is 103 Å². The van der Waals surface area contributed by atoms with Crippen LogP contribution in [0.3, 0.4) is 0 Å². The maximum Gasteiger partial charge on any atom is 0.134 e. The molecule has 4 heteroatoms. The summed E-state index contributed by atoms with van der Waals surface area (Å²) in [4.78, 5) is 8.56. The highest BCUT2D eigenvalue weighted by Crippen LogP contribution is 2.18. The van der Waals surface area contributed by atoms with Crippen LogP contribution in [-0.4, -0.2) is 9.97 Å². The molecule has 0 radical (unpaired) electrons. The second-order valence-electron chi connectivity index (χ2n) is 3.35. The molecule has 0 saturated carbocycles. The first kappa shape index (κ1) is 11.1. The van der Waals surface area contributed by atoms with Gasteiger partial charge in [0.05, 0.1) is 0 Å². The first-order valence-electron chi connectivity index (χ1n) is 5.12. The van der Waals surface area contributed by atoms with Gasteiger partial charge in [-0.15, -0.1) is 0 Å². The summed E-state index contributed by atoms with van der Waals surface area (Å²) in [6.45, 7) is 2.11. The number of nitrogens with zero attached hydrogens (tertiary/aromatic N) is 2. The molecule has 82 valence electrons. The van der Waals surface area contributed by atoms with E-state index in [4.69, 9.17) is 0 Å². The van der Waals surface area contributed by atoms with Gasteiger partial charge in [0, 0.05) is 16.9 Å². The standard InChI is InChI=1S/C12H12BrN3/c1-2-9-4-3-7-14-12(9)16-11-6-5-10(13)8-15-11/h3-8H,2H2,1H3,(H,14,15,16). The zero-order valence-corrected chi connectivity index (χ0v) is 10.5. The first-order chi connectivity index (χ1) is 7.79. The maximum absolute atomic E-state index is 4.30. The van der Waals surface area contributed by atoms with Crippen molar-refractivity contribution in [1.82, 2.24) is 9.97 Å². The molecule has 0 amide bonds. The van der Waals surface area contributed by atoms with Gasteiger partial charge in [0.15, 0.2) is 0 Å². The number of aryl methyl sites for hydroxylation is 1. The molecule has 2 aromatic rings. The Morgan fingerprint density at radius 1 is 1.25 bits per heavy atom. The SMILES string of the molecule is CCc1cccnc1Nc1ccc(Br)cn1. The summed E-state index contributed by atoms with van der Waals surface area (Å²) in [5.41, 5.74) is 1.19. The summed E-state index contributed by atoms with van der Waals surface area (Å²) in [7, 11) is 0. The van der Waals surface area contributed by atoms with Crippen molar-refractivity contribution in [2.24, 2.45) is 0 Å². The zero-order chi connectivity index (χ0) is 11.4. The Morgan fingerprint density at radius 2 is 2.12 bits per heavy atom. The van der Waals surface area contributed by atoms with E-state index in [9.17, 15) is 0 Å². The van der Waals surface area contributed by atoms with Crippen molar-refractivity contribution in [2.75, 3.05) is 5.32 Å². The molecule has 16 heavy (non-hydrogen) atoms. The minimum absolute atomic E-state index is 0.802. The molecule has 0 atom stereocenters. The molecule has 0 bridgehead atoms. The van der Waals surface area contributed by atoms with Crippen molar-refractivity contribution < 1.29 is 0 Å². The number of hydrogen-bond donors (Lipinski definition) is 1. The van der Waals surface area contributed by atoms with Gasteiger partial charge < -0.3 is 5.32 Å². The number of nitrogens with one attached hydrogen (secondary N) is 1. The Kier molecular flexibility index (Phi) is 3.51. The molecule has 2 heterocycles. The lowest BCUT2D eigenvalue weighted by Crippen LogP contribution is -1.99. The summed E-state index contributed by atoms with van der Waals surface area (Å²) in [6.07, 6.45) is 4.49. The van der Waals surface area contributed by atoms with E-state index in [1.165, 1.54) is 5.56 Å². The fraction of sp³-hybridized carbons (Fsp3) is 0.167. The average molecular weight is 278 g/mol. The largest absolute Gasteiger partial charge is 0.325 e. The highest BCUT2D eigenvalue weighted by Gasteiger charge is 2.02. The molecule has 0 aromatic carbocycles. The van der Waals surface area contributed by atoms with Crippen LogP contribution in [0, 0.1) is 0 Å². The highest BCUT2D eigenvalue weighted by atomic mass is 79.9. The van der Waals surface area contributed by atoms with Crippen LogP contribution in [0.2, 0.25) is 0 Å². The fourth-order valence-electron chi connectivity index (χ4n) is 1.41. The first-order valence-corrected chi connectivity index (χ1v) is 5.91. The molecular formula is C12H12BrN3. The predicted molar refractivity (Wildman–Crippen MR) is 68.8 cm³/mol. The highest BCUT2D eigenvalue weighted by molar-refractivity contribution is 9.10. The molecule has 1 N–H and O–H groups in total. The van der Waals surface area contributed by atoms with E-state index in [0.717, 1.165) is 22.5 Å². The minimum Gasteiger partial charge on any atom is -0.325 e. The topological polar surface area (TPSA) is 37.8 Å². The van der Waals surface area contributed by atoms with Gasteiger partial charge in [0.2, 0.25) is 0 Å². The third kappa shape index (κ3) is 2.58. The third-order valence-electron chi connectivity index (χ3n) is 2.25. The molecule has 2 rings (SSSR count). The van der Waals surface area contributed by atoms with Gasteiger partial charge >= 0.3 is 0 Å². The van der Waals surface area contributed by atoms with Gasteiger partial charge in [-0.3, -0.25) is 0 Å². The Hall–Kier alpha value is -1.42. The maximum atomic E-state index is 4.30. The summed E-state index contributed by atoms with van der Waals surface area (Å²) in [5.74, 6) is 1.68. The van der Waals surface area contributed by atoms with E-state index in [1.54, 1.807) is 12.4 Å². The van der Waals surface area contributed by atoms with E-state index in [2.05, 4.69) is 44.2 Å². The fourth-order valence-corrected chi connectivity index (χ4v) is 1.64. The molecule has 0 aliphatic rings. The molecular weight excluding hydrogens is 266 g/mol. The number of aromatic nitrogens is 2. The average Bonchev–Trinajstić information content (AvgIpc) is 2.33. The van der Waals surface area contributed by atoms with Crippen molar-refractivity contribution in [2.45, 2.75) is 13.3 Å². The predicted octanol–water partition coefficient (Wildman–Crippen LogP) is 3.55. The van der Waals surface area contributed by atoms with Crippen molar-refractivity contribution in [3.63, 3.8) is 0 Å². The van der Waals surface area contributed by atoms with Crippen LogP contribution >= 0.6 is 15.9 Å². The quantitative estimate of drug-likeness (QED) is 0.933. The van der Waals surface area contributed by atoms with Crippen LogP contribution < -0.4 is 5.32 Å². The van der Waals surface area contributed by atoms with E-state index in [-0.39, 0.29) is 0 Å². The number of pyridine rings is 2. The zero-order valence-electron chi connectivity index (χ0n) is 8.94. The molecule has 0 saturated heterocycles. The van der Waals surface area contributed by atoms with E-state index in [1.807, 2.05) is 18.2 Å². The molecule has 0 aliphatic heterocycles. The molecule has 0 spiro atoms. The van der Waals surface area contributed by atoms with Crippen LogP contribution in [-0.2, 0) is 6.42 Å².